The third-order valence-corrected chi connectivity index (χ3v) is 3.80. The largest absolute Gasteiger partial charge is 0.405 e. The number of aryl methyl sites for hydroxylation is 1. The molecule has 3 aromatic rings. The molecule has 0 saturated heterocycles. The van der Waals surface area contributed by atoms with Crippen LogP contribution in [0, 0.1) is 6.92 Å². The van der Waals surface area contributed by atoms with Crippen LogP contribution in [0.2, 0.25) is 0 Å². The molecule has 1 aromatic carbocycles. The number of fused-ring (bicyclic) bond motifs is 1. The second-order valence-electron chi connectivity index (χ2n) is 5.82. The zero-order valence-corrected chi connectivity index (χ0v) is 14.2. The Labute approximate surface area is 152 Å². The number of hydrogen-bond acceptors (Lipinski definition) is 3. The minimum absolute atomic E-state index is 0.0740. The Bertz CT molecular complexity index is 1010. The highest BCUT2D eigenvalue weighted by Crippen LogP contribution is 2.18. The molecule has 0 bridgehead atoms. The first-order valence-corrected chi connectivity index (χ1v) is 7.94. The van der Waals surface area contributed by atoms with Crippen molar-refractivity contribution in [2.24, 2.45) is 0 Å². The molecule has 0 atom stereocenters. The highest BCUT2D eigenvalue weighted by molar-refractivity contribution is 6.08. The predicted molar refractivity (Wildman–Crippen MR) is 92.7 cm³/mol. The Hall–Kier alpha value is -3.36. The number of aromatic nitrogens is 2. The molecule has 9 heteroatoms. The SMILES string of the molecule is Cc1cccc2nc(C(=O)Nc3ccccc3C(=O)NCC(F)(F)F)cn12. The fraction of sp³-hybridized carbons (Fsp3) is 0.167. The first-order chi connectivity index (χ1) is 12.7. The third-order valence-electron chi connectivity index (χ3n) is 3.80. The number of para-hydroxylation sites is 1. The van der Waals surface area contributed by atoms with Crippen molar-refractivity contribution >= 4 is 23.1 Å². The van der Waals surface area contributed by atoms with E-state index in [0.29, 0.717) is 5.65 Å². The summed E-state index contributed by atoms with van der Waals surface area (Å²) in [5.41, 5.74) is 1.60. The van der Waals surface area contributed by atoms with Gasteiger partial charge in [-0.25, -0.2) is 4.98 Å². The maximum atomic E-state index is 12.5. The Morgan fingerprint density at radius 3 is 2.52 bits per heavy atom. The summed E-state index contributed by atoms with van der Waals surface area (Å²) in [5, 5.41) is 4.31. The summed E-state index contributed by atoms with van der Waals surface area (Å²) in [6.45, 7) is 0.399. The number of imidazole rings is 1. The summed E-state index contributed by atoms with van der Waals surface area (Å²) in [5.74, 6) is -1.51. The fourth-order valence-corrected chi connectivity index (χ4v) is 2.51. The summed E-state index contributed by atoms with van der Waals surface area (Å²) in [4.78, 5) is 28.7. The minimum Gasteiger partial charge on any atom is -0.343 e. The predicted octanol–water partition coefficient (Wildman–Crippen LogP) is 3.19. The lowest BCUT2D eigenvalue weighted by Gasteiger charge is -2.12. The van der Waals surface area contributed by atoms with E-state index in [2.05, 4.69) is 10.3 Å². The van der Waals surface area contributed by atoms with Gasteiger partial charge in [0.05, 0.1) is 11.3 Å². The molecule has 6 nitrogen and oxygen atoms in total. The number of nitrogens with one attached hydrogen (secondary N) is 2. The molecule has 0 fully saturated rings. The molecule has 0 aliphatic rings. The number of hydrogen-bond donors (Lipinski definition) is 2. The molecule has 0 aliphatic heterocycles. The van der Waals surface area contributed by atoms with Crippen molar-refractivity contribution in [2.45, 2.75) is 13.1 Å². The molecule has 2 heterocycles. The van der Waals surface area contributed by atoms with Gasteiger partial charge in [0.15, 0.2) is 0 Å². The van der Waals surface area contributed by atoms with Crippen molar-refractivity contribution in [3.05, 3.63) is 65.6 Å². The number of benzene rings is 1. The molecule has 2 amide bonds. The number of pyridine rings is 1. The van der Waals surface area contributed by atoms with E-state index < -0.39 is 24.5 Å². The van der Waals surface area contributed by atoms with Gasteiger partial charge in [0, 0.05) is 11.9 Å². The summed E-state index contributed by atoms with van der Waals surface area (Å²) in [7, 11) is 0. The maximum Gasteiger partial charge on any atom is 0.405 e. The van der Waals surface area contributed by atoms with Crippen molar-refractivity contribution in [1.82, 2.24) is 14.7 Å². The number of alkyl halides is 3. The quantitative estimate of drug-likeness (QED) is 0.734. The average molecular weight is 376 g/mol. The van der Waals surface area contributed by atoms with Crippen LogP contribution in [0.15, 0.2) is 48.7 Å². The lowest BCUT2D eigenvalue weighted by molar-refractivity contribution is -0.123. The second-order valence-corrected chi connectivity index (χ2v) is 5.82. The summed E-state index contributed by atoms with van der Waals surface area (Å²) in [6, 6.07) is 11.2. The molecule has 0 unspecified atom stereocenters. The third kappa shape index (κ3) is 4.25. The van der Waals surface area contributed by atoms with E-state index in [1.807, 2.05) is 13.0 Å². The van der Waals surface area contributed by atoms with Gasteiger partial charge in [-0.05, 0) is 31.2 Å². The van der Waals surface area contributed by atoms with Crippen LogP contribution in [0.1, 0.15) is 26.5 Å². The van der Waals surface area contributed by atoms with Crippen molar-refractivity contribution in [3.63, 3.8) is 0 Å². The highest BCUT2D eigenvalue weighted by atomic mass is 19.4. The van der Waals surface area contributed by atoms with Crippen LogP contribution < -0.4 is 10.6 Å². The average Bonchev–Trinajstić information content (AvgIpc) is 3.05. The number of nitrogens with zero attached hydrogens (tertiary/aromatic N) is 2. The molecular weight excluding hydrogens is 361 g/mol. The summed E-state index contributed by atoms with van der Waals surface area (Å²) in [6.07, 6.45) is -2.98. The number of amides is 2. The van der Waals surface area contributed by atoms with Crippen molar-refractivity contribution in [1.29, 1.82) is 0 Å². The van der Waals surface area contributed by atoms with Crippen LogP contribution in [0.4, 0.5) is 18.9 Å². The normalized spacial score (nSPS) is 11.4. The van der Waals surface area contributed by atoms with E-state index in [9.17, 15) is 22.8 Å². The number of anilines is 1. The Morgan fingerprint density at radius 2 is 1.81 bits per heavy atom. The molecular formula is C18H15F3N4O2. The van der Waals surface area contributed by atoms with Gasteiger partial charge >= 0.3 is 6.18 Å². The molecule has 0 saturated carbocycles. The smallest absolute Gasteiger partial charge is 0.343 e. The number of carbonyl (C=O) groups excluding carboxylic acids is 2. The van der Waals surface area contributed by atoms with Crippen LogP contribution in [0.25, 0.3) is 5.65 Å². The first-order valence-electron chi connectivity index (χ1n) is 7.94. The molecule has 3 rings (SSSR count). The highest BCUT2D eigenvalue weighted by Gasteiger charge is 2.28. The Morgan fingerprint density at radius 1 is 1.07 bits per heavy atom. The van der Waals surface area contributed by atoms with Gasteiger partial charge in [-0.3, -0.25) is 9.59 Å². The van der Waals surface area contributed by atoms with E-state index in [1.54, 1.807) is 34.1 Å². The van der Waals surface area contributed by atoms with E-state index in [4.69, 9.17) is 0 Å². The van der Waals surface area contributed by atoms with Gasteiger partial charge < -0.3 is 15.0 Å². The molecule has 0 radical (unpaired) electrons. The van der Waals surface area contributed by atoms with Crippen LogP contribution in [-0.4, -0.2) is 33.9 Å². The van der Waals surface area contributed by atoms with E-state index in [0.717, 1.165) is 5.69 Å². The Balaban J connectivity index is 1.81. The van der Waals surface area contributed by atoms with Crippen LogP contribution >= 0.6 is 0 Å². The monoisotopic (exact) mass is 376 g/mol. The maximum absolute atomic E-state index is 12.5. The van der Waals surface area contributed by atoms with Crippen LogP contribution in [0.3, 0.4) is 0 Å². The van der Waals surface area contributed by atoms with Crippen LogP contribution in [-0.2, 0) is 0 Å². The lowest BCUT2D eigenvalue weighted by Crippen LogP contribution is -2.34. The molecule has 140 valence electrons. The van der Waals surface area contributed by atoms with E-state index in [-0.39, 0.29) is 16.9 Å². The first kappa shape index (κ1) is 18.4. The van der Waals surface area contributed by atoms with Gasteiger partial charge in [-0.15, -0.1) is 0 Å². The number of rotatable bonds is 4. The minimum atomic E-state index is -4.53. The van der Waals surface area contributed by atoms with Gasteiger partial charge in [0.1, 0.15) is 17.9 Å². The summed E-state index contributed by atoms with van der Waals surface area (Å²) < 4.78 is 38.6. The van der Waals surface area contributed by atoms with Crippen molar-refractivity contribution in [2.75, 3.05) is 11.9 Å². The topological polar surface area (TPSA) is 75.5 Å². The zero-order chi connectivity index (χ0) is 19.6. The van der Waals surface area contributed by atoms with E-state index >= 15 is 0 Å². The van der Waals surface area contributed by atoms with Gasteiger partial charge in [0.25, 0.3) is 11.8 Å². The Kier molecular flexibility index (Phi) is 4.85. The van der Waals surface area contributed by atoms with Gasteiger partial charge in [0.2, 0.25) is 0 Å². The van der Waals surface area contributed by atoms with Crippen molar-refractivity contribution in [3.8, 4) is 0 Å². The fourth-order valence-electron chi connectivity index (χ4n) is 2.51. The van der Waals surface area contributed by atoms with Gasteiger partial charge in [-0.2, -0.15) is 13.2 Å². The molecule has 0 spiro atoms. The zero-order valence-electron chi connectivity index (χ0n) is 14.2. The molecule has 27 heavy (non-hydrogen) atoms. The molecule has 2 N–H and O–H groups in total. The number of halogens is 3. The molecule has 0 aliphatic carbocycles. The number of carbonyl (C=O) groups is 2. The van der Waals surface area contributed by atoms with Crippen LogP contribution in [0.5, 0.6) is 0 Å². The van der Waals surface area contributed by atoms with E-state index in [1.165, 1.54) is 18.2 Å². The van der Waals surface area contributed by atoms with Gasteiger partial charge in [-0.1, -0.05) is 18.2 Å². The second kappa shape index (κ2) is 7.10. The summed E-state index contributed by atoms with van der Waals surface area (Å²) >= 11 is 0. The lowest BCUT2D eigenvalue weighted by atomic mass is 10.1. The molecule has 2 aromatic heterocycles. The standard InChI is InChI=1S/C18H15F3N4O2/c1-11-5-4-8-15-23-14(9-25(11)15)17(27)24-13-7-3-2-6-12(13)16(26)22-10-18(19,20)21/h2-9H,10H2,1H3,(H,22,26)(H,24,27). The van der Waals surface area contributed by atoms with Crippen molar-refractivity contribution < 1.29 is 22.8 Å².